The Morgan fingerprint density at radius 1 is 1.03 bits per heavy atom. The molecule has 0 amide bonds. The van der Waals surface area contributed by atoms with E-state index in [1.54, 1.807) is 7.11 Å². The standard InChI is InChI=1S/C28H31N3O.ClH/c1-5-26-25-9-7-6-8-22(25)15-17-30(26)28-27-24(14-16-29-28)19(2)20(3)31(27)18-21-10-12-23(32-4)13-11-21;/h6-14,16,26H,5,15,17-18H2,1-4H3;1H. The molecule has 0 saturated carbocycles. The zero-order valence-electron chi connectivity index (χ0n) is 19.8. The lowest BCUT2D eigenvalue weighted by Gasteiger charge is -2.38. The highest BCUT2D eigenvalue weighted by molar-refractivity contribution is 5.94. The molecule has 0 aliphatic carbocycles. The molecule has 4 nitrogen and oxygen atoms in total. The monoisotopic (exact) mass is 461 g/mol. The summed E-state index contributed by atoms with van der Waals surface area (Å²) in [5.41, 5.74) is 8.07. The maximum absolute atomic E-state index is 5.35. The van der Waals surface area contributed by atoms with Crippen molar-refractivity contribution in [1.82, 2.24) is 9.55 Å². The minimum atomic E-state index is 0. The lowest BCUT2D eigenvalue weighted by atomic mass is 9.91. The average molecular weight is 462 g/mol. The molecule has 0 saturated heterocycles. The lowest BCUT2D eigenvalue weighted by Crippen LogP contribution is -2.36. The van der Waals surface area contributed by atoms with Crippen LogP contribution in [0, 0.1) is 13.8 Å². The topological polar surface area (TPSA) is 30.3 Å². The second-order valence-electron chi connectivity index (χ2n) is 8.74. The van der Waals surface area contributed by atoms with E-state index < -0.39 is 0 Å². The van der Waals surface area contributed by atoms with E-state index >= 15 is 0 Å². The summed E-state index contributed by atoms with van der Waals surface area (Å²) < 4.78 is 7.79. The number of hydrogen-bond acceptors (Lipinski definition) is 3. The first kappa shape index (κ1) is 23.2. The molecule has 5 heteroatoms. The summed E-state index contributed by atoms with van der Waals surface area (Å²) in [6, 6.07) is 19.8. The molecule has 33 heavy (non-hydrogen) atoms. The third-order valence-electron chi connectivity index (χ3n) is 7.10. The van der Waals surface area contributed by atoms with E-state index in [4.69, 9.17) is 9.72 Å². The van der Waals surface area contributed by atoms with Gasteiger partial charge in [-0.2, -0.15) is 0 Å². The fourth-order valence-electron chi connectivity index (χ4n) is 5.24. The van der Waals surface area contributed by atoms with Crippen LogP contribution in [-0.4, -0.2) is 23.2 Å². The minimum absolute atomic E-state index is 0. The van der Waals surface area contributed by atoms with Gasteiger partial charge in [0.25, 0.3) is 0 Å². The van der Waals surface area contributed by atoms with Gasteiger partial charge in [0.05, 0.1) is 18.7 Å². The SMILES string of the molecule is CCC1c2ccccc2CCN1c1nccc2c(C)c(C)n(Cc3ccc(OC)cc3)c12.Cl. The Balaban J connectivity index is 0.00000259. The first-order valence-electron chi connectivity index (χ1n) is 11.5. The number of pyridine rings is 1. The number of ether oxygens (including phenoxy) is 1. The maximum Gasteiger partial charge on any atom is 0.153 e. The lowest BCUT2D eigenvalue weighted by molar-refractivity contribution is 0.414. The minimum Gasteiger partial charge on any atom is -0.497 e. The van der Waals surface area contributed by atoms with Crippen molar-refractivity contribution in [3.8, 4) is 5.75 Å². The quantitative estimate of drug-likeness (QED) is 0.333. The van der Waals surface area contributed by atoms with Gasteiger partial charge in [-0.1, -0.05) is 43.3 Å². The molecule has 4 aromatic rings. The zero-order chi connectivity index (χ0) is 22.2. The van der Waals surface area contributed by atoms with E-state index in [0.717, 1.165) is 37.5 Å². The molecule has 0 bridgehead atoms. The van der Waals surface area contributed by atoms with Crippen molar-refractivity contribution in [3.63, 3.8) is 0 Å². The van der Waals surface area contributed by atoms with Crippen molar-refractivity contribution in [2.75, 3.05) is 18.6 Å². The molecule has 1 aliphatic rings. The summed E-state index contributed by atoms with van der Waals surface area (Å²) in [5, 5.41) is 1.30. The van der Waals surface area contributed by atoms with Crippen molar-refractivity contribution in [2.45, 2.75) is 46.2 Å². The molecule has 0 N–H and O–H groups in total. The number of aryl methyl sites for hydroxylation is 1. The van der Waals surface area contributed by atoms with Gasteiger partial charge in [0.1, 0.15) is 5.75 Å². The maximum atomic E-state index is 5.35. The fraction of sp³-hybridized carbons (Fsp3) is 0.321. The molecular formula is C28H32ClN3O. The van der Waals surface area contributed by atoms with Crippen LogP contribution >= 0.6 is 12.4 Å². The number of aromatic nitrogens is 2. The van der Waals surface area contributed by atoms with E-state index in [9.17, 15) is 0 Å². The van der Waals surface area contributed by atoms with Gasteiger partial charge in [0, 0.05) is 30.4 Å². The van der Waals surface area contributed by atoms with Crippen LogP contribution < -0.4 is 9.64 Å². The Hall–Kier alpha value is -2.98. The smallest absolute Gasteiger partial charge is 0.153 e. The molecule has 172 valence electrons. The van der Waals surface area contributed by atoms with Crippen LogP contribution in [0.2, 0.25) is 0 Å². The number of rotatable bonds is 5. The van der Waals surface area contributed by atoms with Gasteiger partial charge in [0.15, 0.2) is 5.82 Å². The number of halogens is 1. The van der Waals surface area contributed by atoms with Crippen molar-refractivity contribution < 1.29 is 4.74 Å². The van der Waals surface area contributed by atoms with Gasteiger partial charge in [-0.25, -0.2) is 4.98 Å². The first-order chi connectivity index (χ1) is 15.6. The average Bonchev–Trinajstić information content (AvgIpc) is 3.08. The van der Waals surface area contributed by atoms with Crippen molar-refractivity contribution >= 4 is 29.1 Å². The molecule has 1 aliphatic heterocycles. The van der Waals surface area contributed by atoms with Crippen LogP contribution in [0.4, 0.5) is 5.82 Å². The summed E-state index contributed by atoms with van der Waals surface area (Å²) >= 11 is 0. The van der Waals surface area contributed by atoms with E-state index in [-0.39, 0.29) is 12.4 Å². The number of fused-ring (bicyclic) bond motifs is 2. The van der Waals surface area contributed by atoms with Crippen LogP contribution in [0.25, 0.3) is 10.9 Å². The fourth-order valence-corrected chi connectivity index (χ4v) is 5.24. The molecule has 2 aromatic heterocycles. The molecule has 0 radical (unpaired) electrons. The normalized spacial score (nSPS) is 15.3. The number of hydrogen-bond donors (Lipinski definition) is 0. The number of benzene rings is 2. The van der Waals surface area contributed by atoms with Crippen LogP contribution in [0.5, 0.6) is 5.75 Å². The summed E-state index contributed by atoms with van der Waals surface area (Å²) in [6.45, 7) is 8.56. The molecule has 2 aromatic carbocycles. The summed E-state index contributed by atoms with van der Waals surface area (Å²) in [7, 11) is 1.71. The van der Waals surface area contributed by atoms with Crippen LogP contribution in [-0.2, 0) is 13.0 Å². The van der Waals surface area contributed by atoms with Crippen LogP contribution in [0.1, 0.15) is 47.3 Å². The number of methoxy groups -OCH3 is 1. The Morgan fingerprint density at radius 3 is 2.52 bits per heavy atom. The van der Waals surface area contributed by atoms with E-state index in [1.165, 1.54) is 38.9 Å². The predicted molar refractivity (Wildman–Crippen MR) is 139 cm³/mol. The Kier molecular flexibility index (Phi) is 6.66. The van der Waals surface area contributed by atoms with Gasteiger partial charge >= 0.3 is 0 Å². The third kappa shape index (κ3) is 3.97. The van der Waals surface area contributed by atoms with Crippen molar-refractivity contribution in [1.29, 1.82) is 0 Å². The highest BCUT2D eigenvalue weighted by Crippen LogP contribution is 2.39. The summed E-state index contributed by atoms with van der Waals surface area (Å²) in [6.07, 6.45) is 4.10. The first-order valence-corrected chi connectivity index (χ1v) is 11.5. The van der Waals surface area contributed by atoms with Gasteiger partial charge in [-0.3, -0.25) is 0 Å². The van der Waals surface area contributed by atoms with Gasteiger partial charge in [-0.15, -0.1) is 12.4 Å². The Labute approximate surface area is 202 Å². The van der Waals surface area contributed by atoms with E-state index in [2.05, 4.69) is 72.7 Å². The molecule has 5 rings (SSSR count). The second-order valence-corrected chi connectivity index (χ2v) is 8.74. The highest BCUT2D eigenvalue weighted by atomic mass is 35.5. The van der Waals surface area contributed by atoms with Gasteiger partial charge in [0.2, 0.25) is 0 Å². The van der Waals surface area contributed by atoms with Crippen molar-refractivity contribution in [3.05, 3.63) is 88.7 Å². The highest BCUT2D eigenvalue weighted by Gasteiger charge is 2.29. The second kappa shape index (κ2) is 9.48. The molecule has 0 fully saturated rings. The van der Waals surface area contributed by atoms with Crippen molar-refractivity contribution in [2.24, 2.45) is 0 Å². The summed E-state index contributed by atoms with van der Waals surface area (Å²) in [4.78, 5) is 7.51. The van der Waals surface area contributed by atoms with Gasteiger partial charge < -0.3 is 14.2 Å². The van der Waals surface area contributed by atoms with Crippen LogP contribution in [0.15, 0.2) is 60.8 Å². The van der Waals surface area contributed by atoms with E-state index in [0.29, 0.717) is 6.04 Å². The third-order valence-corrected chi connectivity index (χ3v) is 7.10. The molecule has 1 unspecified atom stereocenters. The summed E-state index contributed by atoms with van der Waals surface area (Å²) in [5.74, 6) is 1.99. The van der Waals surface area contributed by atoms with E-state index in [1.807, 2.05) is 18.3 Å². The molecule has 1 atom stereocenters. The number of anilines is 1. The van der Waals surface area contributed by atoms with Gasteiger partial charge in [-0.05, 0) is 67.1 Å². The molecular weight excluding hydrogens is 430 g/mol. The largest absolute Gasteiger partial charge is 0.497 e. The van der Waals surface area contributed by atoms with Crippen LogP contribution in [0.3, 0.4) is 0 Å². The molecule has 3 heterocycles. The number of nitrogens with zero attached hydrogens (tertiary/aromatic N) is 3. The molecule has 0 spiro atoms. The zero-order valence-corrected chi connectivity index (χ0v) is 20.7. The predicted octanol–water partition coefficient (Wildman–Crippen LogP) is 6.65. The Bertz CT molecular complexity index is 1260. The Morgan fingerprint density at radius 2 is 1.79 bits per heavy atom.